The van der Waals surface area contributed by atoms with Crippen molar-refractivity contribution in [3.63, 3.8) is 0 Å². The Balaban J connectivity index is 2.16. The van der Waals surface area contributed by atoms with Crippen LogP contribution in [0.15, 0.2) is 18.2 Å². The highest BCUT2D eigenvalue weighted by Gasteiger charge is 2.22. The molecule has 0 unspecified atom stereocenters. The maximum atomic E-state index is 13.1. The molecule has 4 heteroatoms. The van der Waals surface area contributed by atoms with Gasteiger partial charge in [0.1, 0.15) is 5.82 Å². The van der Waals surface area contributed by atoms with E-state index in [0.717, 1.165) is 18.4 Å². The van der Waals surface area contributed by atoms with E-state index in [1.807, 2.05) is 6.92 Å². The zero-order valence-corrected chi connectivity index (χ0v) is 9.95. The van der Waals surface area contributed by atoms with Crippen molar-refractivity contribution in [1.29, 1.82) is 0 Å². The Morgan fingerprint density at radius 3 is 2.71 bits per heavy atom. The van der Waals surface area contributed by atoms with Crippen molar-refractivity contribution in [2.75, 3.05) is 13.1 Å². The number of carbonyl (C=O) groups excluding carboxylic acids is 1. The minimum Gasteiger partial charge on any atom is -0.339 e. The van der Waals surface area contributed by atoms with E-state index in [1.165, 1.54) is 12.1 Å². The van der Waals surface area contributed by atoms with E-state index in [4.69, 9.17) is 5.73 Å². The van der Waals surface area contributed by atoms with Crippen LogP contribution in [0.4, 0.5) is 4.39 Å². The molecule has 1 aromatic rings. The predicted octanol–water partition coefficient (Wildman–Crippen LogP) is 1.70. The minimum atomic E-state index is -0.368. The van der Waals surface area contributed by atoms with Gasteiger partial charge in [0.25, 0.3) is 5.91 Å². The maximum absolute atomic E-state index is 13.1. The summed E-state index contributed by atoms with van der Waals surface area (Å²) in [7, 11) is 0. The molecule has 0 bridgehead atoms. The molecule has 3 nitrogen and oxygen atoms in total. The smallest absolute Gasteiger partial charge is 0.254 e. The highest BCUT2D eigenvalue weighted by molar-refractivity contribution is 5.95. The molecule has 1 aromatic carbocycles. The predicted molar refractivity (Wildman–Crippen MR) is 64.2 cm³/mol. The number of halogens is 1. The maximum Gasteiger partial charge on any atom is 0.254 e. The van der Waals surface area contributed by atoms with Crippen LogP contribution in [-0.2, 0) is 0 Å². The molecule has 0 aromatic heterocycles. The van der Waals surface area contributed by atoms with Gasteiger partial charge in [0.05, 0.1) is 0 Å². The lowest BCUT2D eigenvalue weighted by atomic mass is 10.0. The third-order valence-corrected chi connectivity index (χ3v) is 3.26. The van der Waals surface area contributed by atoms with Gasteiger partial charge in [0.15, 0.2) is 0 Å². The zero-order valence-electron chi connectivity index (χ0n) is 9.95. The molecular formula is C13H17FN2O. The molecule has 0 spiro atoms. The standard InChI is InChI=1S/C13H17FN2O/c1-9-2-3-10(14)8-12(9)13(17)16-6-4-11(15)5-7-16/h2-3,8,11H,4-7,15H2,1H3. The number of piperidine rings is 1. The number of likely N-dealkylation sites (tertiary alicyclic amines) is 1. The Bertz CT molecular complexity index is 425. The number of rotatable bonds is 1. The van der Waals surface area contributed by atoms with Crippen molar-refractivity contribution >= 4 is 5.91 Å². The quantitative estimate of drug-likeness (QED) is 0.806. The Morgan fingerprint density at radius 1 is 1.41 bits per heavy atom. The fourth-order valence-corrected chi connectivity index (χ4v) is 2.10. The molecule has 0 atom stereocenters. The molecule has 0 saturated carbocycles. The van der Waals surface area contributed by atoms with E-state index in [-0.39, 0.29) is 17.8 Å². The van der Waals surface area contributed by atoms with Gasteiger partial charge in [-0.3, -0.25) is 4.79 Å². The molecule has 2 rings (SSSR count). The van der Waals surface area contributed by atoms with Crippen LogP contribution in [0.5, 0.6) is 0 Å². The lowest BCUT2D eigenvalue weighted by Gasteiger charge is -2.30. The lowest BCUT2D eigenvalue weighted by Crippen LogP contribution is -2.43. The average molecular weight is 236 g/mol. The molecule has 1 aliphatic rings. The molecule has 1 amide bonds. The molecule has 0 radical (unpaired) electrons. The van der Waals surface area contributed by atoms with Gasteiger partial charge in [-0.05, 0) is 37.5 Å². The number of carbonyl (C=O) groups is 1. The molecule has 1 heterocycles. The van der Waals surface area contributed by atoms with E-state index in [9.17, 15) is 9.18 Å². The highest BCUT2D eigenvalue weighted by atomic mass is 19.1. The summed E-state index contributed by atoms with van der Waals surface area (Å²) in [6.07, 6.45) is 1.64. The second-order valence-corrected chi connectivity index (χ2v) is 4.59. The largest absolute Gasteiger partial charge is 0.339 e. The van der Waals surface area contributed by atoms with Gasteiger partial charge in [-0.1, -0.05) is 6.07 Å². The van der Waals surface area contributed by atoms with E-state index in [2.05, 4.69) is 0 Å². The summed E-state index contributed by atoms with van der Waals surface area (Å²) < 4.78 is 13.1. The third-order valence-electron chi connectivity index (χ3n) is 3.26. The Labute approximate surface area is 100 Å². The van der Waals surface area contributed by atoms with Crippen LogP contribution < -0.4 is 5.73 Å². The first-order valence-electron chi connectivity index (χ1n) is 5.89. The first kappa shape index (κ1) is 12.0. The van der Waals surface area contributed by atoms with Crippen LogP contribution in [0.3, 0.4) is 0 Å². The minimum absolute atomic E-state index is 0.0890. The van der Waals surface area contributed by atoms with E-state index < -0.39 is 0 Å². The van der Waals surface area contributed by atoms with Gasteiger partial charge >= 0.3 is 0 Å². The molecule has 2 N–H and O–H groups in total. The molecule has 17 heavy (non-hydrogen) atoms. The molecule has 1 fully saturated rings. The molecule has 92 valence electrons. The van der Waals surface area contributed by atoms with Crippen molar-refractivity contribution in [3.8, 4) is 0 Å². The van der Waals surface area contributed by atoms with Crippen LogP contribution in [-0.4, -0.2) is 29.9 Å². The number of nitrogens with two attached hydrogens (primary N) is 1. The molecular weight excluding hydrogens is 219 g/mol. The first-order valence-corrected chi connectivity index (χ1v) is 5.89. The van der Waals surface area contributed by atoms with Crippen LogP contribution in [0.25, 0.3) is 0 Å². The number of benzene rings is 1. The Hall–Kier alpha value is -1.42. The fraction of sp³-hybridized carbons (Fsp3) is 0.462. The van der Waals surface area contributed by atoms with Gasteiger partial charge in [0, 0.05) is 24.7 Å². The summed E-state index contributed by atoms with van der Waals surface area (Å²) in [6, 6.07) is 4.51. The van der Waals surface area contributed by atoms with Gasteiger partial charge < -0.3 is 10.6 Å². The zero-order chi connectivity index (χ0) is 12.4. The molecule has 0 aliphatic carbocycles. The summed E-state index contributed by atoms with van der Waals surface area (Å²) in [5.41, 5.74) is 7.06. The van der Waals surface area contributed by atoms with Crippen molar-refractivity contribution in [1.82, 2.24) is 4.90 Å². The number of amides is 1. The highest BCUT2D eigenvalue weighted by Crippen LogP contribution is 2.16. The fourth-order valence-electron chi connectivity index (χ4n) is 2.10. The number of aryl methyl sites for hydroxylation is 1. The Morgan fingerprint density at radius 2 is 2.06 bits per heavy atom. The SMILES string of the molecule is Cc1ccc(F)cc1C(=O)N1CCC(N)CC1. The summed E-state index contributed by atoms with van der Waals surface area (Å²) >= 11 is 0. The van der Waals surface area contributed by atoms with Gasteiger partial charge in [-0.25, -0.2) is 4.39 Å². The monoisotopic (exact) mass is 236 g/mol. The average Bonchev–Trinajstić information content (AvgIpc) is 2.32. The van der Waals surface area contributed by atoms with Crippen molar-refractivity contribution in [2.24, 2.45) is 5.73 Å². The number of hydrogen-bond donors (Lipinski definition) is 1. The number of nitrogens with zero attached hydrogens (tertiary/aromatic N) is 1. The summed E-state index contributed by atoms with van der Waals surface area (Å²) in [5.74, 6) is -0.457. The van der Waals surface area contributed by atoms with Crippen LogP contribution in [0.2, 0.25) is 0 Å². The van der Waals surface area contributed by atoms with Gasteiger partial charge in [0.2, 0.25) is 0 Å². The van der Waals surface area contributed by atoms with E-state index >= 15 is 0 Å². The van der Waals surface area contributed by atoms with Crippen molar-refractivity contribution < 1.29 is 9.18 Å². The van der Waals surface area contributed by atoms with Crippen LogP contribution in [0, 0.1) is 12.7 Å². The van der Waals surface area contributed by atoms with Gasteiger partial charge in [-0.2, -0.15) is 0 Å². The summed E-state index contributed by atoms with van der Waals surface area (Å²) in [5, 5.41) is 0. The second kappa shape index (κ2) is 4.84. The van der Waals surface area contributed by atoms with E-state index in [0.29, 0.717) is 18.7 Å². The molecule has 1 saturated heterocycles. The summed E-state index contributed by atoms with van der Waals surface area (Å²) in [6.45, 7) is 3.15. The number of hydrogen-bond acceptors (Lipinski definition) is 2. The van der Waals surface area contributed by atoms with Crippen molar-refractivity contribution in [3.05, 3.63) is 35.1 Å². The van der Waals surface area contributed by atoms with Crippen LogP contribution >= 0.6 is 0 Å². The van der Waals surface area contributed by atoms with E-state index in [1.54, 1.807) is 11.0 Å². The summed E-state index contributed by atoms with van der Waals surface area (Å²) in [4.78, 5) is 14.0. The Kier molecular flexibility index (Phi) is 3.43. The normalized spacial score (nSPS) is 17.2. The van der Waals surface area contributed by atoms with Crippen molar-refractivity contribution in [2.45, 2.75) is 25.8 Å². The first-order chi connectivity index (χ1) is 8.08. The van der Waals surface area contributed by atoms with Gasteiger partial charge in [-0.15, -0.1) is 0 Å². The second-order valence-electron chi connectivity index (χ2n) is 4.59. The molecule has 1 aliphatic heterocycles. The van der Waals surface area contributed by atoms with Crippen LogP contribution in [0.1, 0.15) is 28.8 Å². The lowest BCUT2D eigenvalue weighted by molar-refractivity contribution is 0.0713. The topological polar surface area (TPSA) is 46.3 Å². The third kappa shape index (κ3) is 2.64.